The fourth-order valence-electron chi connectivity index (χ4n) is 3.37. The Morgan fingerprint density at radius 2 is 1.88 bits per heavy atom. The zero-order valence-corrected chi connectivity index (χ0v) is 20.4. The summed E-state index contributed by atoms with van der Waals surface area (Å²) in [7, 11) is 0. The number of nitrogens with zero attached hydrogens (tertiary/aromatic N) is 4. The average molecular weight is 480 g/mol. The second kappa shape index (κ2) is 10.6. The van der Waals surface area contributed by atoms with Gasteiger partial charge in [0.25, 0.3) is 0 Å². The molecule has 2 aromatic carbocycles. The van der Waals surface area contributed by atoms with Crippen molar-refractivity contribution in [3.8, 4) is 17.0 Å². The Morgan fingerprint density at radius 1 is 1.12 bits per heavy atom. The van der Waals surface area contributed by atoms with Crippen LogP contribution in [0.25, 0.3) is 11.3 Å². The Labute approximate surface area is 201 Å². The van der Waals surface area contributed by atoms with Crippen LogP contribution >= 0.6 is 23.1 Å². The Hall–Kier alpha value is -3.17. The molecule has 2 aromatic heterocycles. The number of hydrogen-bond donors (Lipinski definition) is 1. The number of hydrogen-bond acceptors (Lipinski definition) is 7. The molecule has 2 heterocycles. The number of thiazole rings is 1. The number of anilines is 1. The highest BCUT2D eigenvalue weighted by Gasteiger charge is 2.15. The molecule has 0 radical (unpaired) electrons. The maximum atomic E-state index is 12.5. The summed E-state index contributed by atoms with van der Waals surface area (Å²) in [5.74, 6) is 1.63. The number of rotatable bonds is 9. The van der Waals surface area contributed by atoms with Crippen molar-refractivity contribution >= 4 is 34.1 Å². The van der Waals surface area contributed by atoms with Gasteiger partial charge in [0.1, 0.15) is 12.4 Å². The van der Waals surface area contributed by atoms with Crippen molar-refractivity contribution in [1.82, 2.24) is 19.7 Å². The summed E-state index contributed by atoms with van der Waals surface area (Å²) in [5, 5.41) is 14.6. The SMILES string of the molecule is CCn1c(COc2cc(C)cc(C)c2)nnc1SCC(=O)Nc1nc(-c2ccccc2)cs1. The molecule has 33 heavy (non-hydrogen) atoms. The van der Waals surface area contributed by atoms with E-state index in [1.807, 2.05) is 73.2 Å². The second-order valence-electron chi connectivity index (χ2n) is 7.50. The van der Waals surface area contributed by atoms with Crippen molar-refractivity contribution in [3.05, 3.63) is 70.9 Å². The number of benzene rings is 2. The van der Waals surface area contributed by atoms with Crippen LogP contribution in [0.4, 0.5) is 5.13 Å². The molecule has 9 heteroatoms. The Kier molecular flexibility index (Phi) is 7.41. The molecule has 0 saturated carbocycles. The van der Waals surface area contributed by atoms with Gasteiger partial charge in [-0.1, -0.05) is 48.2 Å². The summed E-state index contributed by atoms with van der Waals surface area (Å²) in [6.45, 7) is 7.12. The van der Waals surface area contributed by atoms with Gasteiger partial charge < -0.3 is 14.6 Å². The summed E-state index contributed by atoms with van der Waals surface area (Å²) in [5.41, 5.74) is 4.18. The fraction of sp³-hybridized carbons (Fsp3) is 0.250. The molecule has 7 nitrogen and oxygen atoms in total. The Balaban J connectivity index is 1.33. The van der Waals surface area contributed by atoms with E-state index in [-0.39, 0.29) is 11.7 Å². The lowest BCUT2D eigenvalue weighted by molar-refractivity contribution is -0.113. The van der Waals surface area contributed by atoms with Gasteiger partial charge in [-0.15, -0.1) is 21.5 Å². The van der Waals surface area contributed by atoms with Gasteiger partial charge in [-0.25, -0.2) is 4.98 Å². The van der Waals surface area contributed by atoms with E-state index < -0.39 is 0 Å². The van der Waals surface area contributed by atoms with Crippen LogP contribution in [0.3, 0.4) is 0 Å². The molecule has 0 aliphatic heterocycles. The number of amides is 1. The maximum Gasteiger partial charge on any atom is 0.236 e. The van der Waals surface area contributed by atoms with Gasteiger partial charge in [0.2, 0.25) is 5.91 Å². The van der Waals surface area contributed by atoms with E-state index in [1.54, 1.807) is 0 Å². The van der Waals surface area contributed by atoms with E-state index in [0.29, 0.717) is 23.4 Å². The first kappa shape index (κ1) is 23.0. The molecule has 170 valence electrons. The number of aryl methyl sites for hydroxylation is 2. The zero-order chi connectivity index (χ0) is 23.2. The van der Waals surface area contributed by atoms with Crippen LogP contribution in [0.2, 0.25) is 0 Å². The van der Waals surface area contributed by atoms with E-state index in [0.717, 1.165) is 34.0 Å². The third kappa shape index (κ3) is 6.00. The normalized spacial score (nSPS) is 10.9. The summed E-state index contributed by atoms with van der Waals surface area (Å²) in [4.78, 5) is 17.0. The molecule has 0 saturated heterocycles. The van der Waals surface area contributed by atoms with Crippen LogP contribution in [0.5, 0.6) is 5.75 Å². The van der Waals surface area contributed by atoms with Crippen LogP contribution in [0.1, 0.15) is 23.9 Å². The molecule has 1 N–H and O–H groups in total. The van der Waals surface area contributed by atoms with Gasteiger partial charge in [-0.05, 0) is 44.0 Å². The van der Waals surface area contributed by atoms with E-state index in [2.05, 4.69) is 26.6 Å². The first-order valence-corrected chi connectivity index (χ1v) is 12.4. The lowest BCUT2D eigenvalue weighted by Crippen LogP contribution is -2.14. The standard InChI is InChI=1S/C24H25N5O2S2/c1-4-29-21(13-31-19-11-16(2)10-17(3)12-19)27-28-24(29)33-15-22(30)26-23-25-20(14-32-23)18-8-6-5-7-9-18/h5-12,14H,4,13,15H2,1-3H3,(H,25,26,30). The summed E-state index contributed by atoms with van der Waals surface area (Å²) in [6.07, 6.45) is 0. The molecule has 4 rings (SSSR count). The Bertz CT molecular complexity index is 1220. The molecular formula is C24H25N5O2S2. The highest BCUT2D eigenvalue weighted by atomic mass is 32.2. The van der Waals surface area contributed by atoms with Crippen molar-refractivity contribution in [1.29, 1.82) is 0 Å². The lowest BCUT2D eigenvalue weighted by atomic mass is 10.1. The molecule has 1 amide bonds. The van der Waals surface area contributed by atoms with Gasteiger partial charge in [0.05, 0.1) is 11.4 Å². The van der Waals surface area contributed by atoms with Crippen LogP contribution in [0, 0.1) is 13.8 Å². The smallest absolute Gasteiger partial charge is 0.236 e. The number of nitrogens with one attached hydrogen (secondary N) is 1. The van der Waals surface area contributed by atoms with Gasteiger partial charge in [0.15, 0.2) is 16.1 Å². The predicted molar refractivity (Wildman–Crippen MR) is 133 cm³/mol. The molecule has 0 aliphatic rings. The van der Waals surface area contributed by atoms with Crippen molar-refractivity contribution in [2.24, 2.45) is 0 Å². The highest BCUT2D eigenvalue weighted by molar-refractivity contribution is 7.99. The minimum absolute atomic E-state index is 0.132. The minimum atomic E-state index is -0.132. The lowest BCUT2D eigenvalue weighted by Gasteiger charge is -2.10. The molecule has 4 aromatic rings. The first-order valence-electron chi connectivity index (χ1n) is 10.6. The molecule has 0 bridgehead atoms. The molecule has 0 fully saturated rings. The average Bonchev–Trinajstić information content (AvgIpc) is 3.42. The van der Waals surface area contributed by atoms with Crippen molar-refractivity contribution < 1.29 is 9.53 Å². The molecule has 0 atom stereocenters. The largest absolute Gasteiger partial charge is 0.486 e. The van der Waals surface area contributed by atoms with Gasteiger partial charge in [-0.3, -0.25) is 4.79 Å². The van der Waals surface area contributed by atoms with E-state index >= 15 is 0 Å². The van der Waals surface area contributed by atoms with Crippen molar-refractivity contribution in [2.45, 2.75) is 39.1 Å². The van der Waals surface area contributed by atoms with Crippen LogP contribution in [-0.2, 0) is 17.9 Å². The fourth-order valence-corrected chi connectivity index (χ4v) is 4.93. The van der Waals surface area contributed by atoms with Gasteiger partial charge >= 0.3 is 0 Å². The van der Waals surface area contributed by atoms with Gasteiger partial charge in [0, 0.05) is 17.5 Å². The third-order valence-corrected chi connectivity index (χ3v) is 6.55. The number of carbonyl (C=O) groups excluding carboxylic acids is 1. The monoisotopic (exact) mass is 479 g/mol. The van der Waals surface area contributed by atoms with Crippen LogP contribution < -0.4 is 10.1 Å². The molecule has 0 aliphatic carbocycles. The van der Waals surface area contributed by atoms with E-state index in [9.17, 15) is 4.79 Å². The van der Waals surface area contributed by atoms with Crippen molar-refractivity contribution in [2.75, 3.05) is 11.1 Å². The van der Waals surface area contributed by atoms with Crippen LogP contribution in [0.15, 0.2) is 59.1 Å². The molecule has 0 unspecified atom stereocenters. The number of carbonyl (C=O) groups is 1. The molecule has 0 spiro atoms. The summed E-state index contributed by atoms with van der Waals surface area (Å²) < 4.78 is 7.90. The number of aromatic nitrogens is 4. The molecular weight excluding hydrogens is 454 g/mol. The highest BCUT2D eigenvalue weighted by Crippen LogP contribution is 2.25. The Morgan fingerprint density at radius 3 is 2.61 bits per heavy atom. The summed E-state index contributed by atoms with van der Waals surface area (Å²) >= 11 is 2.76. The summed E-state index contributed by atoms with van der Waals surface area (Å²) in [6, 6.07) is 16.0. The maximum absolute atomic E-state index is 12.5. The van der Waals surface area contributed by atoms with Crippen LogP contribution in [-0.4, -0.2) is 31.4 Å². The van der Waals surface area contributed by atoms with E-state index in [4.69, 9.17) is 4.74 Å². The van der Waals surface area contributed by atoms with Crippen molar-refractivity contribution in [3.63, 3.8) is 0 Å². The van der Waals surface area contributed by atoms with Gasteiger partial charge in [-0.2, -0.15) is 0 Å². The van der Waals surface area contributed by atoms with E-state index in [1.165, 1.54) is 23.1 Å². The zero-order valence-electron chi connectivity index (χ0n) is 18.7. The minimum Gasteiger partial charge on any atom is -0.486 e. The quantitative estimate of drug-likeness (QED) is 0.326. The number of thioether (sulfide) groups is 1. The predicted octanol–water partition coefficient (Wildman–Crippen LogP) is 5.35. The topological polar surface area (TPSA) is 81.9 Å². The number of ether oxygens (including phenoxy) is 1. The second-order valence-corrected chi connectivity index (χ2v) is 9.30. The first-order chi connectivity index (χ1) is 16.0. The third-order valence-electron chi connectivity index (χ3n) is 4.83.